The van der Waals surface area contributed by atoms with Gasteiger partial charge in [0, 0.05) is 13.5 Å². The van der Waals surface area contributed by atoms with Gasteiger partial charge in [-0.15, -0.1) is 11.8 Å². The molecule has 0 unspecified atom stereocenters. The Morgan fingerprint density at radius 3 is 2.50 bits per heavy atom. The number of hydrogen-bond donors (Lipinski definition) is 4. The van der Waals surface area contributed by atoms with Crippen LogP contribution in [-0.4, -0.2) is 100.0 Å². The number of likely N-dealkylation sites (N-methyl/N-ethyl adjacent to an activating group) is 1. The number of carbonyl (C=O) groups excluding carboxylic acids is 2. The average molecular weight is 449 g/mol. The Balaban J connectivity index is 2.21. The highest BCUT2D eigenvalue weighted by molar-refractivity contribution is 7.99. The predicted octanol–water partition coefficient (Wildman–Crippen LogP) is -0.286. The molecule has 0 saturated carbocycles. The molecule has 2 saturated heterocycles. The number of hydrogen-bond acceptors (Lipinski definition) is 9. The maximum absolute atomic E-state index is 13.1. The first-order valence-electron chi connectivity index (χ1n) is 10.5. The minimum Gasteiger partial charge on any atom is -0.461 e. The van der Waals surface area contributed by atoms with E-state index in [2.05, 4.69) is 12.2 Å². The van der Waals surface area contributed by atoms with Crippen molar-refractivity contribution in [3.05, 3.63) is 0 Å². The second-order valence-corrected chi connectivity index (χ2v) is 9.31. The van der Waals surface area contributed by atoms with Crippen molar-refractivity contribution in [3.63, 3.8) is 0 Å². The van der Waals surface area contributed by atoms with E-state index in [1.807, 2.05) is 11.9 Å². The van der Waals surface area contributed by atoms with Crippen molar-refractivity contribution < 1.29 is 34.4 Å². The Hall–Kier alpha value is -0.910. The first-order chi connectivity index (χ1) is 14.1. The van der Waals surface area contributed by atoms with Crippen LogP contribution in [0.25, 0.3) is 0 Å². The summed E-state index contributed by atoms with van der Waals surface area (Å²) >= 11 is 1.18. The van der Waals surface area contributed by atoms with Gasteiger partial charge in [0.05, 0.1) is 12.1 Å². The van der Waals surface area contributed by atoms with Crippen molar-refractivity contribution in [1.29, 1.82) is 0 Å². The third-order valence-corrected chi connectivity index (χ3v) is 6.85. The van der Waals surface area contributed by atoms with Gasteiger partial charge < -0.3 is 30.1 Å². The van der Waals surface area contributed by atoms with Crippen LogP contribution in [0, 0.1) is 5.92 Å². The third-order valence-electron chi connectivity index (χ3n) is 5.99. The monoisotopic (exact) mass is 448 g/mol. The number of nitrogens with one attached hydrogen (secondary N) is 1. The standard InChI is InChI=1S/C20H36N2O7S/c1-6-7-12-8-13(22(4)9-12)19(27)21-14(10(2)28-11(3)23)18-16(25)15(24)17(26)20(29-18)30-5/h10,12-18,20,24-26H,6-9H2,1-5H3,(H,21,27)/t10-,12-,13+,14-,15+,16-,17-,18-,20-/m1/s1. The van der Waals surface area contributed by atoms with Crippen molar-refractivity contribution in [1.82, 2.24) is 10.2 Å². The van der Waals surface area contributed by atoms with E-state index >= 15 is 0 Å². The van der Waals surface area contributed by atoms with Gasteiger partial charge in [0.25, 0.3) is 0 Å². The van der Waals surface area contributed by atoms with E-state index in [0.717, 1.165) is 25.8 Å². The summed E-state index contributed by atoms with van der Waals surface area (Å²) in [5, 5.41) is 33.9. The second kappa shape index (κ2) is 11.1. The molecule has 30 heavy (non-hydrogen) atoms. The zero-order chi connectivity index (χ0) is 22.6. The molecule has 2 fully saturated rings. The van der Waals surface area contributed by atoms with Crippen molar-refractivity contribution >= 4 is 23.6 Å². The number of amides is 1. The molecule has 0 aromatic rings. The third kappa shape index (κ3) is 5.86. The second-order valence-electron chi connectivity index (χ2n) is 8.37. The Kier molecular flexibility index (Phi) is 9.38. The largest absolute Gasteiger partial charge is 0.461 e. The Morgan fingerprint density at radius 2 is 1.93 bits per heavy atom. The smallest absolute Gasteiger partial charge is 0.302 e. The van der Waals surface area contributed by atoms with Crippen LogP contribution in [0.1, 0.15) is 40.0 Å². The minimum atomic E-state index is -1.46. The number of esters is 1. The van der Waals surface area contributed by atoms with Crippen LogP contribution in [0.5, 0.6) is 0 Å². The zero-order valence-electron chi connectivity index (χ0n) is 18.4. The summed E-state index contributed by atoms with van der Waals surface area (Å²) in [7, 11) is 1.90. The molecule has 0 spiro atoms. The van der Waals surface area contributed by atoms with Crippen molar-refractivity contribution in [2.24, 2.45) is 5.92 Å². The number of rotatable bonds is 8. The quantitative estimate of drug-likeness (QED) is 0.370. The molecule has 2 aliphatic rings. The lowest BCUT2D eigenvalue weighted by Crippen LogP contribution is -2.66. The van der Waals surface area contributed by atoms with Crippen LogP contribution in [-0.2, 0) is 19.1 Å². The molecule has 9 nitrogen and oxygen atoms in total. The summed E-state index contributed by atoms with van der Waals surface area (Å²) in [5.41, 5.74) is -0.791. The van der Waals surface area contributed by atoms with E-state index in [1.165, 1.54) is 18.7 Å². The normalized spacial score (nSPS) is 36.9. The predicted molar refractivity (Wildman–Crippen MR) is 113 cm³/mol. The fourth-order valence-electron chi connectivity index (χ4n) is 4.46. The van der Waals surface area contributed by atoms with E-state index in [0.29, 0.717) is 5.92 Å². The molecule has 10 heteroatoms. The molecule has 1 amide bonds. The number of aliphatic hydroxyl groups excluding tert-OH is 3. The van der Waals surface area contributed by atoms with E-state index in [-0.39, 0.29) is 11.9 Å². The van der Waals surface area contributed by atoms with Crippen LogP contribution in [0.2, 0.25) is 0 Å². The summed E-state index contributed by atoms with van der Waals surface area (Å²) in [5.74, 6) is -0.332. The van der Waals surface area contributed by atoms with Crippen molar-refractivity contribution in [2.75, 3.05) is 19.8 Å². The summed E-state index contributed by atoms with van der Waals surface area (Å²) in [6, 6.07) is -1.23. The summed E-state index contributed by atoms with van der Waals surface area (Å²) < 4.78 is 11.1. The number of carbonyl (C=O) groups is 2. The van der Waals surface area contributed by atoms with Gasteiger partial charge in [0.1, 0.15) is 36.0 Å². The first kappa shape index (κ1) is 25.4. The van der Waals surface area contributed by atoms with E-state index in [9.17, 15) is 24.9 Å². The Labute approximate surface area is 182 Å². The van der Waals surface area contributed by atoms with Crippen molar-refractivity contribution in [3.8, 4) is 0 Å². The molecular weight excluding hydrogens is 412 g/mol. The van der Waals surface area contributed by atoms with Gasteiger partial charge in [-0.3, -0.25) is 14.5 Å². The number of aliphatic hydroxyl groups is 3. The molecule has 2 heterocycles. The molecule has 0 radical (unpaired) electrons. The molecule has 0 aliphatic carbocycles. The summed E-state index contributed by atoms with van der Waals surface area (Å²) in [4.78, 5) is 26.6. The lowest BCUT2D eigenvalue weighted by Gasteiger charge is -2.44. The Bertz CT molecular complexity index is 594. The van der Waals surface area contributed by atoms with Gasteiger partial charge in [-0.1, -0.05) is 13.3 Å². The van der Waals surface area contributed by atoms with Gasteiger partial charge in [0.15, 0.2) is 0 Å². The SMILES string of the molecule is CCC[C@@H]1C[C@@H](C(=O)N[C@@H]([C@H]2O[C@H](SC)[C@H](O)[C@@H](O)[C@H]2O)[C@@H](C)OC(C)=O)N(C)C1. The van der Waals surface area contributed by atoms with Gasteiger partial charge in [0.2, 0.25) is 5.91 Å². The molecular formula is C20H36N2O7S. The van der Waals surface area contributed by atoms with Crippen molar-refractivity contribution in [2.45, 2.75) is 88.1 Å². The van der Waals surface area contributed by atoms with Gasteiger partial charge in [-0.25, -0.2) is 0 Å². The van der Waals surface area contributed by atoms with E-state index in [1.54, 1.807) is 13.2 Å². The number of thioether (sulfide) groups is 1. The molecule has 4 N–H and O–H groups in total. The molecule has 0 aromatic carbocycles. The Morgan fingerprint density at radius 1 is 1.27 bits per heavy atom. The van der Waals surface area contributed by atoms with E-state index < -0.39 is 48.0 Å². The fraction of sp³-hybridized carbons (Fsp3) is 0.900. The fourth-order valence-corrected chi connectivity index (χ4v) is 5.14. The van der Waals surface area contributed by atoms with Gasteiger partial charge >= 0.3 is 5.97 Å². The molecule has 0 bridgehead atoms. The maximum atomic E-state index is 13.1. The van der Waals surface area contributed by atoms with Gasteiger partial charge in [-0.2, -0.15) is 0 Å². The molecule has 2 aliphatic heterocycles. The number of likely N-dealkylation sites (tertiary alicyclic amines) is 1. The highest BCUT2D eigenvalue weighted by atomic mass is 32.2. The topological polar surface area (TPSA) is 129 Å². The first-order valence-corrected chi connectivity index (χ1v) is 11.8. The van der Waals surface area contributed by atoms with Crippen LogP contribution in [0.4, 0.5) is 0 Å². The lowest BCUT2D eigenvalue weighted by atomic mass is 9.91. The minimum absolute atomic E-state index is 0.239. The molecule has 2 rings (SSSR count). The molecule has 174 valence electrons. The lowest BCUT2D eigenvalue weighted by molar-refractivity contribution is -0.213. The molecule has 0 aromatic heterocycles. The van der Waals surface area contributed by atoms with Crippen LogP contribution in [0.3, 0.4) is 0 Å². The number of nitrogens with zero attached hydrogens (tertiary/aromatic N) is 1. The van der Waals surface area contributed by atoms with E-state index in [4.69, 9.17) is 9.47 Å². The van der Waals surface area contributed by atoms with Crippen LogP contribution in [0.15, 0.2) is 0 Å². The van der Waals surface area contributed by atoms with Crippen LogP contribution >= 0.6 is 11.8 Å². The average Bonchev–Trinajstić information content (AvgIpc) is 3.05. The maximum Gasteiger partial charge on any atom is 0.302 e. The number of ether oxygens (including phenoxy) is 2. The summed E-state index contributed by atoms with van der Waals surface area (Å²) in [6.07, 6.45) is -1.51. The highest BCUT2D eigenvalue weighted by Gasteiger charge is 2.49. The molecule has 9 atom stereocenters. The highest BCUT2D eigenvalue weighted by Crippen LogP contribution is 2.31. The zero-order valence-corrected chi connectivity index (χ0v) is 19.2. The van der Waals surface area contributed by atoms with Crippen LogP contribution < -0.4 is 5.32 Å². The van der Waals surface area contributed by atoms with Gasteiger partial charge in [-0.05, 0) is 39.0 Å². The summed E-state index contributed by atoms with van der Waals surface area (Å²) in [6.45, 7) is 5.81.